The average molecular weight is 455 g/mol. The molecular weight excluding hydrogens is 441 g/mol. The lowest BCUT2D eigenvalue weighted by atomic mass is 10.2. The average Bonchev–Trinajstić information content (AvgIpc) is 2.57. The number of ether oxygens (including phenoxy) is 2. The van der Waals surface area contributed by atoms with Crippen LogP contribution >= 0.6 is 34.8 Å². The maximum Gasteiger partial charge on any atom is 0.343 e. The van der Waals surface area contributed by atoms with Crippen LogP contribution in [-0.4, -0.2) is 24.4 Å². The molecule has 8 heteroatoms. The fourth-order valence-corrected chi connectivity index (χ4v) is 2.60. The minimum Gasteiger partial charge on any atom is -0.493 e. The Hall–Kier alpha value is -2.20. The van der Waals surface area contributed by atoms with Gasteiger partial charge in [0.15, 0.2) is 16.6 Å². The van der Waals surface area contributed by atoms with Gasteiger partial charge in [0.25, 0.3) is 0 Å². The molecule has 0 fully saturated rings. The van der Waals surface area contributed by atoms with E-state index in [4.69, 9.17) is 15.2 Å². The summed E-state index contributed by atoms with van der Waals surface area (Å²) < 4.78 is 11.5. The predicted molar refractivity (Wildman–Crippen MR) is 105 cm³/mol. The molecule has 2 aromatic carbocycles. The topological polar surface area (TPSA) is 85.9 Å². The number of hydrogen-bond acceptors (Lipinski definition) is 5. The molecule has 0 aromatic heterocycles. The maximum atomic E-state index is 12.2. The number of rotatable bonds is 5. The lowest BCUT2D eigenvalue weighted by molar-refractivity contribution is 0.0728. The molecule has 0 amide bonds. The third-order valence-electron chi connectivity index (χ3n) is 2.84. The van der Waals surface area contributed by atoms with Crippen molar-refractivity contribution >= 4 is 52.1 Å². The zero-order valence-electron chi connectivity index (χ0n) is 12.7. The van der Waals surface area contributed by atoms with Gasteiger partial charge in [0.1, 0.15) is 0 Å². The summed E-state index contributed by atoms with van der Waals surface area (Å²) in [7, 11) is 1.50. The van der Waals surface area contributed by atoms with Gasteiger partial charge in [-0.25, -0.2) is 4.79 Å². The van der Waals surface area contributed by atoms with Crippen molar-refractivity contribution in [3.63, 3.8) is 0 Å². The first-order chi connectivity index (χ1) is 11.5. The highest BCUT2D eigenvalue weighted by Gasteiger charge is 2.16. The summed E-state index contributed by atoms with van der Waals surface area (Å²) in [5.41, 5.74) is 8.96. The van der Waals surface area contributed by atoms with Gasteiger partial charge in [0.2, 0.25) is 0 Å². The van der Waals surface area contributed by atoms with E-state index in [0.29, 0.717) is 20.6 Å². The Balaban J connectivity index is 2.25. The van der Waals surface area contributed by atoms with Gasteiger partial charge >= 0.3 is 5.97 Å². The highest BCUT2D eigenvalue weighted by Crippen LogP contribution is 2.34. The first kappa shape index (κ1) is 18.1. The number of carbonyl (C=O) groups is 1. The number of thiocarbonyl (C=S) groups is 1. The molecular formula is C16H14IN3O3S. The van der Waals surface area contributed by atoms with Crippen LogP contribution in [0.3, 0.4) is 0 Å². The van der Waals surface area contributed by atoms with E-state index in [0.717, 1.165) is 5.56 Å². The third-order valence-corrected chi connectivity index (χ3v) is 3.74. The summed E-state index contributed by atoms with van der Waals surface area (Å²) in [6, 6.07) is 12.2. The molecule has 6 nitrogen and oxygen atoms in total. The molecule has 2 rings (SSSR count). The van der Waals surface area contributed by atoms with Crippen LogP contribution in [0.2, 0.25) is 0 Å². The number of esters is 1. The highest BCUT2D eigenvalue weighted by molar-refractivity contribution is 14.1. The quantitative estimate of drug-likeness (QED) is 0.180. The van der Waals surface area contributed by atoms with Crippen LogP contribution in [0.4, 0.5) is 0 Å². The van der Waals surface area contributed by atoms with E-state index in [1.165, 1.54) is 13.3 Å². The fraction of sp³-hybridized carbons (Fsp3) is 0.0625. The fourth-order valence-electron chi connectivity index (χ4n) is 1.81. The Morgan fingerprint density at radius 1 is 1.33 bits per heavy atom. The molecule has 2 aromatic rings. The van der Waals surface area contributed by atoms with Gasteiger partial charge in [0, 0.05) is 0 Å². The third kappa shape index (κ3) is 4.90. The van der Waals surface area contributed by atoms with E-state index in [1.54, 1.807) is 36.4 Å². The highest BCUT2D eigenvalue weighted by atomic mass is 127. The SMILES string of the molecule is COc1cc(/C=N\NC(N)=S)cc(I)c1OC(=O)c1ccccc1. The van der Waals surface area contributed by atoms with E-state index >= 15 is 0 Å². The predicted octanol–water partition coefficient (Wildman–Crippen LogP) is 2.69. The zero-order valence-corrected chi connectivity index (χ0v) is 15.6. The lowest BCUT2D eigenvalue weighted by Gasteiger charge is -2.12. The van der Waals surface area contributed by atoms with Crippen molar-refractivity contribution in [2.24, 2.45) is 10.8 Å². The van der Waals surface area contributed by atoms with Crippen molar-refractivity contribution in [3.8, 4) is 11.5 Å². The molecule has 3 N–H and O–H groups in total. The number of nitrogens with one attached hydrogen (secondary N) is 1. The van der Waals surface area contributed by atoms with Gasteiger partial charge in [0.05, 0.1) is 22.5 Å². The first-order valence-electron chi connectivity index (χ1n) is 6.74. The number of benzene rings is 2. The summed E-state index contributed by atoms with van der Waals surface area (Å²) in [4.78, 5) is 12.2. The van der Waals surface area contributed by atoms with E-state index in [2.05, 4.69) is 45.3 Å². The Kier molecular flexibility index (Phi) is 6.50. The number of nitrogens with zero attached hydrogens (tertiary/aromatic N) is 1. The summed E-state index contributed by atoms with van der Waals surface area (Å²) in [5, 5.41) is 3.96. The van der Waals surface area contributed by atoms with Gasteiger partial charge in [-0.2, -0.15) is 5.10 Å². The number of hydrogen-bond donors (Lipinski definition) is 2. The second-order valence-electron chi connectivity index (χ2n) is 4.52. The van der Waals surface area contributed by atoms with E-state index < -0.39 is 5.97 Å². The van der Waals surface area contributed by atoms with Crippen LogP contribution in [0.25, 0.3) is 0 Å². The molecule has 0 radical (unpaired) electrons. The minimum absolute atomic E-state index is 0.0707. The largest absolute Gasteiger partial charge is 0.493 e. The molecule has 0 heterocycles. The van der Waals surface area contributed by atoms with Crippen LogP contribution in [0.1, 0.15) is 15.9 Å². The summed E-state index contributed by atoms with van der Waals surface area (Å²) in [6.07, 6.45) is 1.53. The second-order valence-corrected chi connectivity index (χ2v) is 6.13. The standard InChI is InChI=1S/C16H14IN3O3S/c1-22-13-8-10(9-19-20-16(18)24)7-12(17)14(13)23-15(21)11-5-3-2-4-6-11/h2-9H,1H3,(H3,18,20,24)/b19-9-. The molecule has 124 valence electrons. The van der Waals surface area contributed by atoms with Crippen molar-refractivity contribution in [1.82, 2.24) is 5.43 Å². The molecule has 0 unspecified atom stereocenters. The number of halogens is 1. The first-order valence-corrected chi connectivity index (χ1v) is 8.23. The van der Waals surface area contributed by atoms with Gasteiger partial charge in [-0.3, -0.25) is 5.43 Å². The van der Waals surface area contributed by atoms with Gasteiger partial charge < -0.3 is 15.2 Å². The molecule has 0 aliphatic heterocycles. The van der Waals surface area contributed by atoms with Crippen LogP contribution in [0.15, 0.2) is 47.6 Å². The maximum absolute atomic E-state index is 12.2. The van der Waals surface area contributed by atoms with E-state index in [-0.39, 0.29) is 5.11 Å². The van der Waals surface area contributed by atoms with Crippen molar-refractivity contribution in [1.29, 1.82) is 0 Å². The Morgan fingerprint density at radius 3 is 2.67 bits per heavy atom. The van der Waals surface area contributed by atoms with Gasteiger partial charge in [-0.05, 0) is 64.6 Å². The molecule has 0 saturated heterocycles. The summed E-state index contributed by atoms with van der Waals surface area (Å²) in [5.74, 6) is 0.317. The molecule has 0 atom stereocenters. The monoisotopic (exact) mass is 455 g/mol. The number of methoxy groups -OCH3 is 1. The van der Waals surface area contributed by atoms with Crippen molar-refractivity contribution < 1.29 is 14.3 Å². The van der Waals surface area contributed by atoms with E-state index in [1.807, 2.05) is 6.07 Å². The van der Waals surface area contributed by atoms with Crippen LogP contribution in [0, 0.1) is 3.57 Å². The summed E-state index contributed by atoms with van der Waals surface area (Å²) >= 11 is 6.73. The molecule has 0 saturated carbocycles. The van der Waals surface area contributed by atoms with Crippen molar-refractivity contribution in [3.05, 3.63) is 57.2 Å². The van der Waals surface area contributed by atoms with Crippen LogP contribution in [-0.2, 0) is 0 Å². The smallest absolute Gasteiger partial charge is 0.343 e. The zero-order chi connectivity index (χ0) is 17.5. The van der Waals surface area contributed by atoms with Crippen molar-refractivity contribution in [2.45, 2.75) is 0 Å². The number of hydrazone groups is 1. The molecule has 0 aliphatic carbocycles. The Labute approximate surface area is 158 Å². The molecule has 0 aliphatic rings. The van der Waals surface area contributed by atoms with Gasteiger partial charge in [-0.15, -0.1) is 0 Å². The molecule has 0 bridgehead atoms. The second kappa shape index (κ2) is 8.60. The van der Waals surface area contributed by atoms with E-state index in [9.17, 15) is 4.79 Å². The lowest BCUT2D eigenvalue weighted by Crippen LogP contribution is -2.24. The normalized spacial score (nSPS) is 10.4. The van der Waals surface area contributed by atoms with Gasteiger partial charge in [-0.1, -0.05) is 18.2 Å². The molecule has 24 heavy (non-hydrogen) atoms. The van der Waals surface area contributed by atoms with Crippen LogP contribution < -0.4 is 20.6 Å². The number of nitrogens with two attached hydrogens (primary N) is 1. The number of carbonyl (C=O) groups excluding carboxylic acids is 1. The molecule has 0 spiro atoms. The van der Waals surface area contributed by atoms with Crippen molar-refractivity contribution in [2.75, 3.05) is 7.11 Å². The van der Waals surface area contributed by atoms with Crippen LogP contribution in [0.5, 0.6) is 11.5 Å². The minimum atomic E-state index is -0.455. The summed E-state index contributed by atoms with van der Waals surface area (Å²) in [6.45, 7) is 0. The Morgan fingerprint density at radius 2 is 2.04 bits per heavy atom. The Bertz CT molecular complexity index is 782.